The number of anilines is 2. The average Bonchev–Trinajstić information content (AvgIpc) is 2.72. The van der Waals surface area contributed by atoms with E-state index in [1.807, 2.05) is 37.3 Å². The van der Waals surface area contributed by atoms with E-state index in [2.05, 4.69) is 10.3 Å². The predicted molar refractivity (Wildman–Crippen MR) is 120 cm³/mol. The van der Waals surface area contributed by atoms with Crippen molar-refractivity contribution in [2.24, 2.45) is 0 Å². The number of ether oxygens (including phenoxy) is 1. The smallest absolute Gasteiger partial charge is 0.418 e. The van der Waals surface area contributed by atoms with Gasteiger partial charge in [0.25, 0.3) is 0 Å². The van der Waals surface area contributed by atoms with Crippen LogP contribution < -0.4 is 10.1 Å². The van der Waals surface area contributed by atoms with Gasteiger partial charge in [-0.05, 0) is 48.6 Å². The quantitative estimate of drug-likeness (QED) is 0.449. The van der Waals surface area contributed by atoms with Gasteiger partial charge in [0, 0.05) is 40.7 Å². The lowest BCUT2D eigenvalue weighted by atomic mass is 9.94. The number of aliphatic hydroxyl groups is 1. The van der Waals surface area contributed by atoms with Gasteiger partial charge >= 0.3 is 6.18 Å². The number of hydrogen-bond donors (Lipinski definition) is 2. The average molecular weight is 451 g/mol. The molecule has 0 radical (unpaired) electrons. The zero-order valence-corrected chi connectivity index (χ0v) is 18.4. The van der Waals surface area contributed by atoms with Gasteiger partial charge in [0.05, 0.1) is 12.6 Å². The van der Waals surface area contributed by atoms with Gasteiger partial charge in [-0.25, -0.2) is 0 Å². The zero-order chi connectivity index (χ0) is 22.6. The Kier molecular flexibility index (Phi) is 7.01. The Balaban J connectivity index is 2.03. The minimum Gasteiger partial charge on any atom is -0.497 e. The third-order valence-electron chi connectivity index (χ3n) is 5.01. The van der Waals surface area contributed by atoms with Gasteiger partial charge in [0.2, 0.25) is 0 Å². The van der Waals surface area contributed by atoms with Gasteiger partial charge in [-0.1, -0.05) is 19.1 Å². The number of hydrogen-bond acceptors (Lipinski definition) is 5. The van der Waals surface area contributed by atoms with Crippen LogP contribution in [0, 0.1) is 6.92 Å². The molecule has 0 bridgehead atoms. The maximum Gasteiger partial charge on any atom is 0.418 e. The van der Waals surface area contributed by atoms with Crippen molar-refractivity contribution in [1.82, 2.24) is 4.98 Å². The second-order valence-corrected chi connectivity index (χ2v) is 8.59. The molecule has 1 unspecified atom stereocenters. The SMILES string of the molecule is CCSCC(O)(Cc1ccc(OC)cc1Nc1cccc2nc(C)ccc12)C(F)(F)F. The van der Waals surface area contributed by atoms with Crippen molar-refractivity contribution >= 4 is 34.0 Å². The molecule has 0 saturated carbocycles. The molecule has 31 heavy (non-hydrogen) atoms. The van der Waals surface area contributed by atoms with Crippen LogP contribution in [-0.4, -0.2) is 40.5 Å². The summed E-state index contributed by atoms with van der Waals surface area (Å²) < 4.78 is 46.5. The third kappa shape index (κ3) is 5.25. The summed E-state index contributed by atoms with van der Waals surface area (Å²) in [5.41, 5.74) is 0.302. The fourth-order valence-corrected chi connectivity index (χ4v) is 4.09. The highest BCUT2D eigenvalue weighted by molar-refractivity contribution is 7.99. The van der Waals surface area contributed by atoms with Crippen molar-refractivity contribution in [1.29, 1.82) is 0 Å². The number of fused-ring (bicyclic) bond motifs is 1. The van der Waals surface area contributed by atoms with Crippen LogP contribution in [0.5, 0.6) is 5.75 Å². The second-order valence-electron chi connectivity index (χ2n) is 7.32. The molecular formula is C23H25F3N2O2S. The molecule has 8 heteroatoms. The normalized spacial score (nSPS) is 13.8. The number of pyridine rings is 1. The number of aryl methyl sites for hydroxylation is 1. The number of thioether (sulfide) groups is 1. The van der Waals surface area contributed by atoms with Gasteiger partial charge < -0.3 is 15.2 Å². The first-order chi connectivity index (χ1) is 14.7. The predicted octanol–water partition coefficient (Wildman–Crippen LogP) is 5.88. The topological polar surface area (TPSA) is 54.4 Å². The molecular weight excluding hydrogens is 425 g/mol. The molecule has 0 fully saturated rings. The number of rotatable bonds is 8. The highest BCUT2D eigenvalue weighted by Gasteiger charge is 2.53. The summed E-state index contributed by atoms with van der Waals surface area (Å²) in [5, 5.41) is 14.6. The van der Waals surface area contributed by atoms with Crippen LogP contribution in [-0.2, 0) is 6.42 Å². The van der Waals surface area contributed by atoms with E-state index in [0.29, 0.717) is 28.4 Å². The summed E-state index contributed by atoms with van der Waals surface area (Å²) in [5.74, 6) is 0.545. The van der Waals surface area contributed by atoms with E-state index in [4.69, 9.17) is 4.74 Å². The molecule has 0 aliphatic heterocycles. The summed E-state index contributed by atoms with van der Waals surface area (Å²) in [6.45, 7) is 3.66. The van der Waals surface area contributed by atoms with E-state index in [0.717, 1.165) is 28.4 Å². The molecule has 2 N–H and O–H groups in total. The van der Waals surface area contributed by atoms with E-state index in [-0.39, 0.29) is 0 Å². The molecule has 3 aromatic rings. The van der Waals surface area contributed by atoms with E-state index in [1.165, 1.54) is 7.11 Å². The lowest BCUT2D eigenvalue weighted by Crippen LogP contribution is -2.49. The Morgan fingerprint density at radius 1 is 1.10 bits per heavy atom. The first-order valence-corrected chi connectivity index (χ1v) is 11.0. The number of aromatic nitrogens is 1. The molecule has 0 aliphatic carbocycles. The van der Waals surface area contributed by atoms with Crippen molar-refractivity contribution in [2.75, 3.05) is 23.9 Å². The molecule has 1 atom stereocenters. The van der Waals surface area contributed by atoms with E-state index < -0.39 is 24.0 Å². The molecule has 0 aliphatic rings. The molecule has 166 valence electrons. The minimum absolute atomic E-state index is 0.342. The lowest BCUT2D eigenvalue weighted by Gasteiger charge is -2.31. The molecule has 0 spiro atoms. The number of methoxy groups -OCH3 is 1. The van der Waals surface area contributed by atoms with Crippen molar-refractivity contribution in [3.8, 4) is 5.75 Å². The van der Waals surface area contributed by atoms with E-state index >= 15 is 0 Å². The van der Waals surface area contributed by atoms with Crippen LogP contribution in [0.15, 0.2) is 48.5 Å². The Bertz CT molecular complexity index is 1060. The van der Waals surface area contributed by atoms with Crippen LogP contribution in [0.3, 0.4) is 0 Å². The van der Waals surface area contributed by atoms with Crippen LogP contribution in [0.1, 0.15) is 18.2 Å². The monoisotopic (exact) mass is 450 g/mol. The second kappa shape index (κ2) is 9.36. The summed E-state index contributed by atoms with van der Waals surface area (Å²) in [6, 6.07) is 14.1. The van der Waals surface area contributed by atoms with Crippen molar-refractivity contribution in [3.05, 3.63) is 59.8 Å². The molecule has 4 nitrogen and oxygen atoms in total. The Morgan fingerprint density at radius 3 is 2.55 bits per heavy atom. The summed E-state index contributed by atoms with van der Waals surface area (Å²) >= 11 is 1.06. The number of nitrogens with zero attached hydrogens (tertiary/aromatic N) is 1. The summed E-state index contributed by atoms with van der Waals surface area (Å²) in [4.78, 5) is 4.50. The van der Waals surface area contributed by atoms with E-state index in [1.54, 1.807) is 25.1 Å². The van der Waals surface area contributed by atoms with Gasteiger partial charge in [-0.3, -0.25) is 4.98 Å². The van der Waals surface area contributed by atoms with E-state index in [9.17, 15) is 18.3 Å². The summed E-state index contributed by atoms with van der Waals surface area (Å²) in [7, 11) is 1.49. The maximum absolute atomic E-state index is 13.7. The van der Waals surface area contributed by atoms with Crippen LogP contribution in [0.4, 0.5) is 24.5 Å². The van der Waals surface area contributed by atoms with Crippen LogP contribution in [0.2, 0.25) is 0 Å². The number of alkyl halides is 3. The standard InChI is InChI=1S/C23H25F3N2O2S/c1-4-31-14-22(29,23(24,25)26)13-16-9-10-17(30-3)12-21(16)28-20-7-5-6-19-18(20)11-8-15(2)27-19/h5-12,28-29H,4,13-14H2,1-3H3. The van der Waals surface area contributed by atoms with Gasteiger partial charge in [-0.2, -0.15) is 24.9 Å². The largest absolute Gasteiger partial charge is 0.497 e. The first-order valence-electron chi connectivity index (χ1n) is 9.84. The molecule has 1 aromatic heterocycles. The fourth-order valence-electron chi connectivity index (χ4n) is 3.28. The molecule has 3 rings (SSSR count). The first kappa shape index (κ1) is 23.2. The number of halogens is 3. The van der Waals surface area contributed by atoms with Crippen LogP contribution >= 0.6 is 11.8 Å². The number of nitrogens with one attached hydrogen (secondary N) is 1. The van der Waals surface area contributed by atoms with Crippen molar-refractivity contribution in [2.45, 2.75) is 32.0 Å². The number of benzene rings is 2. The highest BCUT2D eigenvalue weighted by Crippen LogP contribution is 2.39. The maximum atomic E-state index is 13.7. The lowest BCUT2D eigenvalue weighted by molar-refractivity contribution is -0.249. The fraction of sp³-hybridized carbons (Fsp3) is 0.348. The van der Waals surface area contributed by atoms with Crippen LogP contribution in [0.25, 0.3) is 10.9 Å². The molecule has 2 aromatic carbocycles. The third-order valence-corrected chi connectivity index (χ3v) is 6.10. The Labute approximate surface area is 183 Å². The Morgan fingerprint density at radius 2 is 1.87 bits per heavy atom. The molecule has 0 amide bonds. The van der Waals surface area contributed by atoms with Crippen molar-refractivity contribution in [3.63, 3.8) is 0 Å². The van der Waals surface area contributed by atoms with Gasteiger partial charge in [0.15, 0.2) is 5.60 Å². The zero-order valence-electron chi connectivity index (χ0n) is 17.6. The Hall–Kier alpha value is -2.45. The summed E-state index contributed by atoms with van der Waals surface area (Å²) in [6.07, 6.45) is -5.33. The highest BCUT2D eigenvalue weighted by atomic mass is 32.2. The molecule has 1 heterocycles. The van der Waals surface area contributed by atoms with Gasteiger partial charge in [-0.15, -0.1) is 0 Å². The minimum atomic E-state index is -4.76. The van der Waals surface area contributed by atoms with Gasteiger partial charge in [0.1, 0.15) is 5.75 Å². The molecule has 0 saturated heterocycles. The van der Waals surface area contributed by atoms with Crippen molar-refractivity contribution < 1.29 is 23.0 Å².